The third-order valence-corrected chi connectivity index (χ3v) is 4.06. The highest BCUT2D eigenvalue weighted by atomic mass is 16.2. The molecule has 4 heterocycles. The van der Waals surface area contributed by atoms with Gasteiger partial charge in [0.1, 0.15) is 0 Å². The molecular weight excluding hydrogens is 308 g/mol. The van der Waals surface area contributed by atoms with Crippen LogP contribution in [0.1, 0.15) is 33.3 Å². The summed E-state index contributed by atoms with van der Waals surface area (Å²) < 4.78 is 1.58. The molecule has 0 bridgehead atoms. The van der Waals surface area contributed by atoms with Crippen LogP contribution in [0.4, 0.5) is 5.95 Å². The van der Waals surface area contributed by atoms with Gasteiger partial charge in [0.05, 0.1) is 12.2 Å². The fourth-order valence-electron chi connectivity index (χ4n) is 2.89. The fraction of sp³-hybridized carbons (Fsp3) is 0.333. The van der Waals surface area contributed by atoms with Crippen LogP contribution in [0.25, 0.3) is 5.78 Å². The van der Waals surface area contributed by atoms with Crippen molar-refractivity contribution in [3.05, 3.63) is 40.7 Å². The van der Waals surface area contributed by atoms with E-state index in [1.165, 1.54) is 0 Å². The van der Waals surface area contributed by atoms with Crippen LogP contribution in [-0.4, -0.2) is 46.9 Å². The molecule has 9 nitrogen and oxygen atoms in total. The van der Waals surface area contributed by atoms with Crippen LogP contribution in [0.3, 0.4) is 0 Å². The van der Waals surface area contributed by atoms with Crippen LogP contribution >= 0.6 is 0 Å². The fourth-order valence-corrected chi connectivity index (χ4v) is 2.89. The van der Waals surface area contributed by atoms with Gasteiger partial charge in [0.15, 0.2) is 0 Å². The molecule has 1 aliphatic heterocycles. The molecule has 9 heteroatoms. The number of nitrogens with zero attached hydrogens (tertiary/aromatic N) is 7. The first-order chi connectivity index (χ1) is 11.5. The van der Waals surface area contributed by atoms with E-state index in [0.29, 0.717) is 25.3 Å². The average molecular weight is 324 g/mol. The van der Waals surface area contributed by atoms with E-state index in [0.717, 1.165) is 22.6 Å². The number of hydrogen-bond acceptors (Lipinski definition) is 7. The predicted octanol–water partition coefficient (Wildman–Crippen LogP) is 0.312. The molecule has 24 heavy (non-hydrogen) atoms. The number of rotatable bonds is 1. The Kier molecular flexibility index (Phi) is 3.15. The lowest BCUT2D eigenvalue weighted by molar-refractivity contribution is 0.0719. The maximum absolute atomic E-state index is 12.7. The molecule has 0 saturated heterocycles. The Labute approximate surface area is 137 Å². The van der Waals surface area contributed by atoms with Crippen LogP contribution in [0.5, 0.6) is 0 Å². The summed E-state index contributed by atoms with van der Waals surface area (Å²) in [4.78, 5) is 31.2. The Morgan fingerprint density at radius 1 is 1.25 bits per heavy atom. The summed E-state index contributed by atoms with van der Waals surface area (Å²) in [6, 6.07) is 1.90. The van der Waals surface area contributed by atoms with Crippen molar-refractivity contribution in [2.45, 2.75) is 26.8 Å². The Bertz CT molecular complexity index is 964. The minimum Gasteiger partial charge on any atom is -0.368 e. The minimum absolute atomic E-state index is 0.140. The van der Waals surface area contributed by atoms with E-state index < -0.39 is 0 Å². The first-order valence-electron chi connectivity index (χ1n) is 7.62. The number of anilines is 1. The van der Waals surface area contributed by atoms with Gasteiger partial charge in [-0.05, 0) is 31.9 Å². The maximum atomic E-state index is 12.7. The first-order valence-corrected chi connectivity index (χ1v) is 7.62. The van der Waals surface area contributed by atoms with Crippen LogP contribution in [0, 0.1) is 13.8 Å². The van der Waals surface area contributed by atoms with E-state index >= 15 is 0 Å². The molecule has 3 aromatic rings. The Balaban J connectivity index is 1.66. The lowest BCUT2D eigenvalue weighted by atomic mass is 10.1. The number of aryl methyl sites for hydroxylation is 2. The van der Waals surface area contributed by atoms with Crippen LogP contribution < -0.4 is 5.73 Å². The van der Waals surface area contributed by atoms with Crippen LogP contribution in [-0.2, 0) is 13.0 Å². The van der Waals surface area contributed by atoms with Crippen molar-refractivity contribution >= 4 is 17.6 Å². The van der Waals surface area contributed by atoms with Gasteiger partial charge in [-0.2, -0.15) is 4.98 Å². The molecule has 122 valence electrons. The number of nitrogen functional groups attached to an aromatic ring is 1. The molecule has 0 fully saturated rings. The van der Waals surface area contributed by atoms with Crippen LogP contribution in [0.15, 0.2) is 12.3 Å². The zero-order valence-electron chi connectivity index (χ0n) is 13.4. The standard InChI is InChI=1S/C15H16N8O/c1-8-5-9(2)23-15(18-8)20-12(21-23)13(24)22-4-3-10-6-17-14(16)19-11(10)7-22/h5-6H,3-4,7H2,1-2H3,(H2,16,17,19). The topological polar surface area (TPSA) is 115 Å². The highest BCUT2D eigenvalue weighted by molar-refractivity contribution is 5.91. The third kappa shape index (κ3) is 2.34. The molecule has 4 rings (SSSR count). The van der Waals surface area contributed by atoms with Crippen LogP contribution in [0.2, 0.25) is 0 Å². The maximum Gasteiger partial charge on any atom is 0.293 e. The summed E-state index contributed by atoms with van der Waals surface area (Å²) in [6.07, 6.45) is 2.41. The van der Waals surface area contributed by atoms with Crippen molar-refractivity contribution < 1.29 is 4.79 Å². The second kappa shape index (κ2) is 5.22. The molecule has 0 aliphatic carbocycles. The van der Waals surface area contributed by atoms with Gasteiger partial charge in [-0.25, -0.2) is 19.5 Å². The van der Waals surface area contributed by atoms with Gasteiger partial charge in [-0.15, -0.1) is 5.10 Å². The SMILES string of the molecule is Cc1cc(C)n2nc(C(=O)N3CCc4cnc(N)nc4C3)nc2n1. The number of hydrogen-bond donors (Lipinski definition) is 1. The van der Waals surface area contributed by atoms with Gasteiger partial charge in [0, 0.05) is 24.1 Å². The molecule has 0 radical (unpaired) electrons. The summed E-state index contributed by atoms with van der Waals surface area (Å²) in [7, 11) is 0. The smallest absolute Gasteiger partial charge is 0.293 e. The van der Waals surface area contributed by atoms with Gasteiger partial charge in [-0.3, -0.25) is 4.79 Å². The zero-order valence-corrected chi connectivity index (χ0v) is 13.4. The van der Waals surface area contributed by atoms with Gasteiger partial charge in [0.25, 0.3) is 11.7 Å². The summed E-state index contributed by atoms with van der Waals surface area (Å²) in [5.74, 6) is 0.547. The molecule has 1 amide bonds. The number of carbonyl (C=O) groups is 1. The predicted molar refractivity (Wildman–Crippen MR) is 85.1 cm³/mol. The first kappa shape index (κ1) is 14.5. The molecule has 0 saturated carbocycles. The van der Waals surface area contributed by atoms with Gasteiger partial charge in [-0.1, -0.05) is 0 Å². The minimum atomic E-state index is -0.236. The third-order valence-electron chi connectivity index (χ3n) is 4.06. The van der Waals surface area contributed by atoms with E-state index in [9.17, 15) is 4.79 Å². The van der Waals surface area contributed by atoms with Gasteiger partial charge >= 0.3 is 0 Å². The lowest BCUT2D eigenvalue weighted by Crippen LogP contribution is -2.37. The number of aromatic nitrogens is 6. The summed E-state index contributed by atoms with van der Waals surface area (Å²) in [6.45, 7) is 4.73. The summed E-state index contributed by atoms with van der Waals surface area (Å²) in [5.41, 5.74) is 9.15. The molecule has 0 aromatic carbocycles. The van der Waals surface area contributed by atoms with E-state index in [1.54, 1.807) is 15.6 Å². The van der Waals surface area contributed by atoms with Crippen molar-refractivity contribution in [2.75, 3.05) is 12.3 Å². The largest absolute Gasteiger partial charge is 0.368 e. The number of fused-ring (bicyclic) bond motifs is 2. The van der Waals surface area contributed by atoms with E-state index in [1.807, 2.05) is 19.9 Å². The van der Waals surface area contributed by atoms with Crippen molar-refractivity contribution in [3.8, 4) is 0 Å². The molecule has 0 spiro atoms. The normalized spacial score (nSPS) is 14.0. The zero-order chi connectivity index (χ0) is 16.8. The Morgan fingerprint density at radius 2 is 2.08 bits per heavy atom. The van der Waals surface area contributed by atoms with E-state index in [2.05, 4.69) is 25.0 Å². The lowest BCUT2D eigenvalue weighted by Gasteiger charge is -2.26. The van der Waals surface area contributed by atoms with Crippen molar-refractivity contribution in [2.24, 2.45) is 0 Å². The highest BCUT2D eigenvalue weighted by Crippen LogP contribution is 2.18. The summed E-state index contributed by atoms with van der Waals surface area (Å²) >= 11 is 0. The van der Waals surface area contributed by atoms with Gasteiger partial charge in [0.2, 0.25) is 11.8 Å². The second-order valence-corrected chi connectivity index (χ2v) is 5.86. The molecule has 1 aliphatic rings. The number of nitrogens with two attached hydrogens (primary N) is 1. The molecular formula is C15H16N8O. The molecule has 2 N–H and O–H groups in total. The van der Waals surface area contributed by atoms with Crippen molar-refractivity contribution in [1.29, 1.82) is 0 Å². The highest BCUT2D eigenvalue weighted by Gasteiger charge is 2.26. The Hall–Kier alpha value is -3.10. The van der Waals surface area contributed by atoms with Crippen molar-refractivity contribution in [1.82, 2.24) is 34.4 Å². The molecule has 0 unspecified atom stereocenters. The second-order valence-electron chi connectivity index (χ2n) is 5.86. The van der Waals surface area contributed by atoms with E-state index in [-0.39, 0.29) is 17.7 Å². The van der Waals surface area contributed by atoms with Crippen molar-refractivity contribution in [3.63, 3.8) is 0 Å². The molecule has 3 aromatic heterocycles. The quantitative estimate of drug-likeness (QED) is 0.685. The average Bonchev–Trinajstić information content (AvgIpc) is 2.97. The molecule has 0 atom stereocenters. The monoisotopic (exact) mass is 324 g/mol. The number of amides is 1. The summed E-state index contributed by atoms with van der Waals surface area (Å²) in [5, 5.41) is 4.30. The van der Waals surface area contributed by atoms with E-state index in [4.69, 9.17) is 5.73 Å². The number of carbonyl (C=O) groups excluding carboxylic acids is 1. The van der Waals surface area contributed by atoms with Gasteiger partial charge < -0.3 is 10.6 Å². The Morgan fingerprint density at radius 3 is 2.92 bits per heavy atom.